The third kappa shape index (κ3) is 1.16. The van der Waals surface area contributed by atoms with E-state index in [9.17, 15) is 4.39 Å². The summed E-state index contributed by atoms with van der Waals surface area (Å²) < 4.78 is 17.3. The van der Waals surface area contributed by atoms with Gasteiger partial charge in [-0.1, -0.05) is 0 Å². The standard InChI is InChI=1S/C5H8BFO3/c6-5-4(9)3(7)2(1-8)10-5/h2-5,8-9H,1H2/t2-,3-,4?,5-/m1/s1. The number of hydrogen-bond acceptors (Lipinski definition) is 3. The van der Waals surface area contributed by atoms with E-state index >= 15 is 0 Å². The van der Waals surface area contributed by atoms with E-state index in [2.05, 4.69) is 4.74 Å². The highest BCUT2D eigenvalue weighted by molar-refractivity contribution is 6.11. The minimum Gasteiger partial charge on any atom is -0.394 e. The van der Waals surface area contributed by atoms with Crippen LogP contribution in [0, 0.1) is 0 Å². The second kappa shape index (κ2) is 2.86. The average molecular weight is 146 g/mol. The van der Waals surface area contributed by atoms with Gasteiger partial charge in [0.2, 0.25) is 0 Å². The lowest BCUT2D eigenvalue weighted by molar-refractivity contribution is 0.0184. The summed E-state index contributed by atoms with van der Waals surface area (Å²) in [5, 5.41) is 17.3. The number of rotatable bonds is 1. The van der Waals surface area contributed by atoms with E-state index in [1.165, 1.54) is 0 Å². The summed E-state index contributed by atoms with van der Waals surface area (Å²) in [5.74, 6) is 0. The molecule has 5 heteroatoms. The van der Waals surface area contributed by atoms with Crippen LogP contribution in [0.1, 0.15) is 0 Å². The molecule has 0 aliphatic carbocycles. The molecule has 1 saturated heterocycles. The van der Waals surface area contributed by atoms with E-state index in [4.69, 9.17) is 18.1 Å². The lowest BCUT2D eigenvalue weighted by Crippen LogP contribution is -2.30. The zero-order chi connectivity index (χ0) is 7.72. The van der Waals surface area contributed by atoms with Crippen LogP contribution in [0.4, 0.5) is 4.39 Å². The maximum absolute atomic E-state index is 12.6. The van der Waals surface area contributed by atoms with Gasteiger partial charge in [-0.3, -0.25) is 0 Å². The summed E-state index contributed by atoms with van der Waals surface area (Å²) in [4.78, 5) is 0. The van der Waals surface area contributed by atoms with Crippen molar-refractivity contribution in [1.29, 1.82) is 0 Å². The van der Waals surface area contributed by atoms with Crippen molar-refractivity contribution in [1.82, 2.24) is 0 Å². The molecule has 0 amide bonds. The van der Waals surface area contributed by atoms with Crippen molar-refractivity contribution in [2.24, 2.45) is 0 Å². The minimum atomic E-state index is -1.57. The van der Waals surface area contributed by atoms with Crippen LogP contribution in [-0.4, -0.2) is 49.0 Å². The van der Waals surface area contributed by atoms with Crippen molar-refractivity contribution in [3.8, 4) is 0 Å². The van der Waals surface area contributed by atoms with Gasteiger partial charge in [0, 0.05) is 6.00 Å². The van der Waals surface area contributed by atoms with E-state index in [1.807, 2.05) is 0 Å². The van der Waals surface area contributed by atoms with Crippen LogP contribution in [0.3, 0.4) is 0 Å². The molecular weight excluding hydrogens is 138 g/mol. The Hall–Kier alpha value is -0.125. The predicted octanol–water partition coefficient (Wildman–Crippen LogP) is -1.43. The molecular formula is C5H8BFO3. The molecule has 1 aliphatic rings. The molecule has 56 valence electrons. The molecule has 3 nitrogen and oxygen atoms in total. The normalized spacial score (nSPS) is 47.9. The topological polar surface area (TPSA) is 49.7 Å². The summed E-state index contributed by atoms with van der Waals surface area (Å²) in [6.07, 6.45) is -3.85. The molecule has 1 rings (SSSR count). The van der Waals surface area contributed by atoms with Crippen LogP contribution in [-0.2, 0) is 4.74 Å². The molecule has 1 heterocycles. The van der Waals surface area contributed by atoms with E-state index in [-0.39, 0.29) is 0 Å². The van der Waals surface area contributed by atoms with Crippen molar-refractivity contribution in [2.75, 3.05) is 6.61 Å². The largest absolute Gasteiger partial charge is 0.394 e. The smallest absolute Gasteiger partial charge is 0.156 e. The highest BCUT2D eigenvalue weighted by Crippen LogP contribution is 2.21. The maximum atomic E-state index is 12.6. The SMILES string of the molecule is [B][C@@H]1O[C@H](CO)[C@@H](F)C1O. The second-order valence-corrected chi connectivity index (χ2v) is 2.26. The molecule has 1 unspecified atom stereocenters. The number of hydrogen-bond donors (Lipinski definition) is 2. The Morgan fingerprint density at radius 2 is 2.20 bits per heavy atom. The van der Waals surface area contributed by atoms with Gasteiger partial charge in [0.25, 0.3) is 0 Å². The molecule has 2 radical (unpaired) electrons. The quantitative estimate of drug-likeness (QED) is 0.446. The number of ether oxygens (including phenoxy) is 1. The summed E-state index contributed by atoms with van der Waals surface area (Å²) in [5.41, 5.74) is 0. The molecule has 10 heavy (non-hydrogen) atoms. The highest BCUT2D eigenvalue weighted by Gasteiger charge is 2.40. The van der Waals surface area contributed by atoms with E-state index in [0.717, 1.165) is 0 Å². The molecule has 0 saturated carbocycles. The first kappa shape index (κ1) is 7.98. The fourth-order valence-electron chi connectivity index (χ4n) is 0.902. The van der Waals surface area contributed by atoms with Crippen molar-refractivity contribution in [3.63, 3.8) is 0 Å². The molecule has 1 aliphatic heterocycles. The fourth-order valence-corrected chi connectivity index (χ4v) is 0.902. The van der Waals surface area contributed by atoms with Crippen LogP contribution in [0.15, 0.2) is 0 Å². The minimum absolute atomic E-state index is 0.452. The molecule has 0 aromatic heterocycles. The van der Waals surface area contributed by atoms with Gasteiger partial charge in [0.1, 0.15) is 20.1 Å². The zero-order valence-corrected chi connectivity index (χ0v) is 5.27. The number of aliphatic hydroxyl groups excluding tert-OH is 2. The Morgan fingerprint density at radius 1 is 1.60 bits per heavy atom. The highest BCUT2D eigenvalue weighted by atomic mass is 19.1. The molecule has 0 bridgehead atoms. The summed E-state index contributed by atoms with van der Waals surface area (Å²) >= 11 is 0. The Balaban J connectivity index is 2.53. The van der Waals surface area contributed by atoms with Crippen LogP contribution in [0.25, 0.3) is 0 Å². The van der Waals surface area contributed by atoms with Gasteiger partial charge >= 0.3 is 0 Å². The molecule has 2 N–H and O–H groups in total. The van der Waals surface area contributed by atoms with Crippen molar-refractivity contribution in [3.05, 3.63) is 0 Å². The zero-order valence-electron chi connectivity index (χ0n) is 5.27. The Labute approximate surface area is 59.2 Å². The maximum Gasteiger partial charge on any atom is 0.156 e. The Bertz CT molecular complexity index is 123. The summed E-state index contributed by atoms with van der Waals surface area (Å²) in [7, 11) is 5.11. The predicted molar refractivity (Wildman–Crippen MR) is 32.4 cm³/mol. The molecule has 1 fully saturated rings. The van der Waals surface area contributed by atoms with Gasteiger partial charge in [0.05, 0.1) is 6.61 Å². The lowest BCUT2D eigenvalue weighted by Gasteiger charge is -2.07. The third-order valence-corrected chi connectivity index (χ3v) is 1.53. The first-order valence-electron chi connectivity index (χ1n) is 3.01. The third-order valence-electron chi connectivity index (χ3n) is 1.53. The van der Waals surface area contributed by atoms with E-state index in [0.29, 0.717) is 0 Å². The number of alkyl halides is 1. The van der Waals surface area contributed by atoms with E-state index < -0.39 is 31.0 Å². The first-order valence-corrected chi connectivity index (χ1v) is 3.01. The number of halogens is 1. The van der Waals surface area contributed by atoms with Gasteiger partial charge in [-0.25, -0.2) is 4.39 Å². The summed E-state index contributed by atoms with van der Waals surface area (Å²) in [6.45, 7) is -0.452. The lowest BCUT2D eigenvalue weighted by atomic mass is 9.94. The molecule has 4 atom stereocenters. The van der Waals surface area contributed by atoms with Crippen LogP contribution in [0.5, 0.6) is 0 Å². The monoisotopic (exact) mass is 146 g/mol. The van der Waals surface area contributed by atoms with Crippen molar-refractivity contribution < 1.29 is 19.3 Å². The van der Waals surface area contributed by atoms with Crippen LogP contribution < -0.4 is 0 Å². The Morgan fingerprint density at radius 3 is 2.40 bits per heavy atom. The van der Waals surface area contributed by atoms with Gasteiger partial charge in [-0.15, -0.1) is 0 Å². The summed E-state index contributed by atoms with van der Waals surface area (Å²) in [6, 6.07) is -1.01. The first-order chi connectivity index (χ1) is 4.66. The number of aliphatic hydroxyl groups is 2. The molecule has 0 aromatic rings. The van der Waals surface area contributed by atoms with Crippen LogP contribution in [0.2, 0.25) is 0 Å². The van der Waals surface area contributed by atoms with Gasteiger partial charge in [-0.05, 0) is 0 Å². The van der Waals surface area contributed by atoms with Gasteiger partial charge in [0.15, 0.2) is 6.17 Å². The van der Waals surface area contributed by atoms with Crippen molar-refractivity contribution in [2.45, 2.75) is 24.4 Å². The molecule has 0 aromatic carbocycles. The van der Waals surface area contributed by atoms with Crippen molar-refractivity contribution >= 4 is 7.85 Å². The Kier molecular flexibility index (Phi) is 2.28. The second-order valence-electron chi connectivity index (χ2n) is 2.26. The van der Waals surface area contributed by atoms with E-state index in [1.54, 1.807) is 0 Å². The molecule has 0 spiro atoms. The van der Waals surface area contributed by atoms with Crippen LogP contribution >= 0.6 is 0 Å². The van der Waals surface area contributed by atoms with Gasteiger partial charge in [-0.2, -0.15) is 0 Å². The fraction of sp³-hybridized carbons (Fsp3) is 1.00. The average Bonchev–Trinajstić information content (AvgIpc) is 2.17. The van der Waals surface area contributed by atoms with Gasteiger partial charge < -0.3 is 14.9 Å².